The van der Waals surface area contributed by atoms with Crippen molar-refractivity contribution in [3.8, 4) is 0 Å². The Kier molecular flexibility index (Phi) is 14.5. The molecule has 202 valence electrons. The van der Waals surface area contributed by atoms with E-state index in [1.165, 1.54) is 6.92 Å². The Balaban J connectivity index is 5.60. The Morgan fingerprint density at radius 1 is 0.829 bits per heavy atom. The molecular weight excluding hydrogens is 458 g/mol. The predicted molar refractivity (Wildman–Crippen MR) is 132 cm³/mol. The van der Waals surface area contributed by atoms with E-state index in [0.29, 0.717) is 12.8 Å². The zero-order valence-electron chi connectivity index (χ0n) is 21.3. The van der Waals surface area contributed by atoms with Crippen molar-refractivity contribution < 1.29 is 29.4 Å². The minimum Gasteiger partial charge on any atom is -0.480 e. The maximum absolute atomic E-state index is 13.1. The van der Waals surface area contributed by atoms with E-state index in [-0.39, 0.29) is 37.2 Å². The van der Waals surface area contributed by atoms with Crippen molar-refractivity contribution in [3.05, 3.63) is 0 Å². The first kappa shape index (κ1) is 32.1. The average Bonchev–Trinajstić information content (AvgIpc) is 2.71. The van der Waals surface area contributed by atoms with Gasteiger partial charge in [-0.2, -0.15) is 0 Å². The molecule has 0 rings (SSSR count). The first-order valence-corrected chi connectivity index (χ1v) is 11.8. The third-order valence-corrected chi connectivity index (χ3v) is 5.03. The van der Waals surface area contributed by atoms with Crippen LogP contribution in [-0.4, -0.2) is 76.7 Å². The molecule has 35 heavy (non-hydrogen) atoms. The molecule has 0 aliphatic heterocycles. The summed E-state index contributed by atoms with van der Waals surface area (Å²) in [6.45, 7) is 8.95. The number of nitrogens with two attached hydrogens (primary N) is 3. The van der Waals surface area contributed by atoms with Gasteiger partial charge in [0.15, 0.2) is 12.0 Å². The summed E-state index contributed by atoms with van der Waals surface area (Å²) in [5.74, 6) is -3.28. The zero-order valence-corrected chi connectivity index (χ0v) is 21.3. The van der Waals surface area contributed by atoms with Crippen LogP contribution >= 0.6 is 0 Å². The molecule has 5 unspecified atom stereocenters. The van der Waals surface area contributed by atoms with Crippen LogP contribution in [0.1, 0.15) is 60.3 Å². The molecule has 3 amide bonds. The van der Waals surface area contributed by atoms with Gasteiger partial charge in [-0.1, -0.05) is 27.7 Å². The van der Waals surface area contributed by atoms with Crippen LogP contribution in [0.3, 0.4) is 0 Å². The van der Waals surface area contributed by atoms with Gasteiger partial charge in [-0.05, 0) is 44.4 Å². The molecule has 0 bridgehead atoms. The first-order valence-electron chi connectivity index (χ1n) is 11.8. The van der Waals surface area contributed by atoms with Gasteiger partial charge in [-0.3, -0.25) is 19.4 Å². The summed E-state index contributed by atoms with van der Waals surface area (Å²) in [5.41, 5.74) is 16.6. The SMILES string of the molecule is CC(C)CC(N)C(=O)NC(CCCN=C(N)N)C(=O)NC(CC(C)C)C(=O)NC(C(=O)O)C(C)O. The summed E-state index contributed by atoms with van der Waals surface area (Å²) in [4.78, 5) is 53.7. The number of guanidine groups is 1. The molecule has 0 aliphatic carbocycles. The number of hydrogen-bond donors (Lipinski definition) is 8. The van der Waals surface area contributed by atoms with Gasteiger partial charge in [0.1, 0.15) is 12.1 Å². The molecule has 13 heteroatoms. The molecule has 0 aromatic rings. The van der Waals surface area contributed by atoms with Crippen molar-refractivity contribution in [3.63, 3.8) is 0 Å². The number of carbonyl (C=O) groups is 4. The van der Waals surface area contributed by atoms with Crippen molar-refractivity contribution in [1.82, 2.24) is 16.0 Å². The Morgan fingerprint density at radius 3 is 1.80 bits per heavy atom. The van der Waals surface area contributed by atoms with E-state index in [4.69, 9.17) is 17.2 Å². The largest absolute Gasteiger partial charge is 0.480 e. The molecule has 0 aliphatic rings. The number of carboxylic acids is 1. The van der Waals surface area contributed by atoms with Gasteiger partial charge in [0.2, 0.25) is 17.7 Å². The number of aliphatic imine (C=N–C) groups is 1. The van der Waals surface area contributed by atoms with Crippen molar-refractivity contribution in [2.75, 3.05) is 6.54 Å². The highest BCUT2D eigenvalue weighted by atomic mass is 16.4. The molecular formula is C22H43N7O6. The van der Waals surface area contributed by atoms with Gasteiger partial charge in [-0.15, -0.1) is 0 Å². The number of rotatable bonds is 16. The number of nitrogens with zero attached hydrogens (tertiary/aromatic N) is 1. The number of aliphatic carboxylic acids is 1. The van der Waals surface area contributed by atoms with Gasteiger partial charge < -0.3 is 43.4 Å². The Hall–Kier alpha value is -2.93. The maximum atomic E-state index is 13.1. The first-order chi connectivity index (χ1) is 16.1. The summed E-state index contributed by atoms with van der Waals surface area (Å²) in [6, 6.07) is -4.48. The minimum atomic E-state index is -1.54. The van der Waals surface area contributed by atoms with E-state index in [0.717, 1.165) is 0 Å². The van der Waals surface area contributed by atoms with E-state index in [1.54, 1.807) is 0 Å². The molecule has 13 nitrogen and oxygen atoms in total. The lowest BCUT2D eigenvalue weighted by atomic mass is 10.0. The molecule has 0 spiro atoms. The monoisotopic (exact) mass is 501 g/mol. The van der Waals surface area contributed by atoms with Gasteiger partial charge in [0, 0.05) is 6.54 Å². The molecule has 0 saturated carbocycles. The van der Waals surface area contributed by atoms with Crippen LogP contribution in [0.5, 0.6) is 0 Å². The van der Waals surface area contributed by atoms with Crippen LogP contribution in [-0.2, 0) is 19.2 Å². The summed E-state index contributed by atoms with van der Waals surface area (Å²) in [5, 5.41) is 26.4. The lowest BCUT2D eigenvalue weighted by molar-refractivity contribution is -0.145. The fourth-order valence-corrected chi connectivity index (χ4v) is 3.28. The number of aliphatic hydroxyl groups is 1. The zero-order chi connectivity index (χ0) is 27.3. The molecule has 5 atom stereocenters. The predicted octanol–water partition coefficient (Wildman–Crippen LogP) is -1.62. The van der Waals surface area contributed by atoms with Crippen LogP contribution in [0.15, 0.2) is 4.99 Å². The normalized spacial score (nSPS) is 15.5. The quantitative estimate of drug-likeness (QED) is 0.0688. The fraction of sp³-hybridized carbons (Fsp3) is 0.773. The number of nitrogens with one attached hydrogen (secondary N) is 3. The second-order valence-corrected chi connectivity index (χ2v) is 9.50. The van der Waals surface area contributed by atoms with E-state index < -0.39 is 54.0 Å². The van der Waals surface area contributed by atoms with Gasteiger partial charge in [0.25, 0.3) is 0 Å². The highest BCUT2D eigenvalue weighted by Crippen LogP contribution is 2.09. The molecule has 0 aromatic heterocycles. The fourth-order valence-electron chi connectivity index (χ4n) is 3.28. The standard InChI is InChI=1S/C22H43N7O6/c1-11(2)9-14(23)18(31)27-15(7-6-8-26-22(24)25)19(32)28-16(10-12(3)4)20(33)29-17(13(5)30)21(34)35/h11-17,30H,6-10,23H2,1-5H3,(H,27,31)(H,28,32)(H,29,33)(H,34,35)(H4,24,25,26). The van der Waals surface area contributed by atoms with Crippen molar-refractivity contribution in [2.24, 2.45) is 34.0 Å². The summed E-state index contributed by atoms with van der Waals surface area (Å²) in [7, 11) is 0. The third-order valence-electron chi connectivity index (χ3n) is 5.03. The van der Waals surface area contributed by atoms with Crippen molar-refractivity contribution in [1.29, 1.82) is 0 Å². The number of carboxylic acid groups (broad SMARTS) is 1. The van der Waals surface area contributed by atoms with Crippen LogP contribution in [0.2, 0.25) is 0 Å². The molecule has 0 heterocycles. The number of carbonyl (C=O) groups excluding carboxylic acids is 3. The summed E-state index contributed by atoms with van der Waals surface area (Å²) >= 11 is 0. The van der Waals surface area contributed by atoms with E-state index in [1.807, 2.05) is 27.7 Å². The Bertz CT molecular complexity index is 738. The maximum Gasteiger partial charge on any atom is 0.328 e. The minimum absolute atomic E-state index is 0.0322. The lowest BCUT2D eigenvalue weighted by Crippen LogP contribution is -2.58. The highest BCUT2D eigenvalue weighted by Gasteiger charge is 2.32. The second-order valence-electron chi connectivity index (χ2n) is 9.50. The summed E-state index contributed by atoms with van der Waals surface area (Å²) < 4.78 is 0. The Labute approximate surface area is 206 Å². The molecule has 0 saturated heterocycles. The average molecular weight is 502 g/mol. The van der Waals surface area contributed by atoms with Gasteiger partial charge >= 0.3 is 5.97 Å². The number of hydrogen-bond acceptors (Lipinski definition) is 7. The highest BCUT2D eigenvalue weighted by molar-refractivity contribution is 5.94. The number of amides is 3. The van der Waals surface area contributed by atoms with Gasteiger partial charge in [0.05, 0.1) is 12.1 Å². The van der Waals surface area contributed by atoms with Crippen molar-refractivity contribution >= 4 is 29.7 Å². The second kappa shape index (κ2) is 15.9. The van der Waals surface area contributed by atoms with Crippen molar-refractivity contribution in [2.45, 2.75) is 90.6 Å². The lowest BCUT2D eigenvalue weighted by Gasteiger charge is -2.26. The van der Waals surface area contributed by atoms with Crippen LogP contribution in [0, 0.1) is 11.8 Å². The van der Waals surface area contributed by atoms with E-state index in [2.05, 4.69) is 20.9 Å². The van der Waals surface area contributed by atoms with Crippen LogP contribution < -0.4 is 33.2 Å². The molecule has 0 fully saturated rings. The van der Waals surface area contributed by atoms with E-state index >= 15 is 0 Å². The van der Waals surface area contributed by atoms with Crippen LogP contribution in [0.25, 0.3) is 0 Å². The Morgan fingerprint density at radius 2 is 1.34 bits per heavy atom. The van der Waals surface area contributed by atoms with E-state index in [9.17, 15) is 29.4 Å². The molecule has 11 N–H and O–H groups in total. The molecule has 0 radical (unpaired) electrons. The van der Waals surface area contributed by atoms with Crippen LogP contribution in [0.4, 0.5) is 0 Å². The smallest absolute Gasteiger partial charge is 0.328 e. The van der Waals surface area contributed by atoms with Gasteiger partial charge in [-0.25, -0.2) is 4.79 Å². The third kappa shape index (κ3) is 13.5. The summed E-state index contributed by atoms with van der Waals surface area (Å²) in [6.07, 6.45) is -0.200. The number of aliphatic hydroxyl groups excluding tert-OH is 1. The topological polar surface area (TPSA) is 235 Å². The molecule has 0 aromatic carbocycles.